The number of hydrogen-bond donors (Lipinski definition) is 5. The van der Waals surface area contributed by atoms with Crippen LogP contribution in [0.25, 0.3) is 11.2 Å². The number of carbonyl (C=O) groups excluding carboxylic acids is 1. The standard InChI is InChI=1S/C19H21N5O7/c1-9-3-2-4-10(5-9)30-7-12(26)21-19-22-16-13(17(29)23-19)20-8-24(16)18-15(28)14(27)11(6-25)31-18/h2-5,8,11,14-15,18,25,27-28H,6-7H2,1H3,(H2,21,22,23,26,29)/t11-,14+,15-,18+/m0/s1. The van der Waals surface area contributed by atoms with E-state index in [4.69, 9.17) is 9.47 Å². The largest absolute Gasteiger partial charge is 0.484 e. The van der Waals surface area contributed by atoms with Gasteiger partial charge in [-0.25, -0.2) is 4.98 Å². The number of aromatic amines is 1. The first kappa shape index (κ1) is 20.9. The van der Waals surface area contributed by atoms with Crippen LogP contribution in [-0.4, -0.2) is 72.3 Å². The molecule has 0 radical (unpaired) electrons. The minimum absolute atomic E-state index is 0.0218. The lowest BCUT2D eigenvalue weighted by Gasteiger charge is -2.16. The Morgan fingerprint density at radius 1 is 1.35 bits per heavy atom. The van der Waals surface area contributed by atoms with Crippen molar-refractivity contribution in [3.05, 3.63) is 46.5 Å². The zero-order valence-electron chi connectivity index (χ0n) is 16.4. The minimum atomic E-state index is -1.38. The second-order valence-corrected chi connectivity index (χ2v) is 7.12. The maximum absolute atomic E-state index is 12.3. The Morgan fingerprint density at radius 2 is 2.16 bits per heavy atom. The molecule has 0 unspecified atom stereocenters. The number of aromatic nitrogens is 4. The van der Waals surface area contributed by atoms with Gasteiger partial charge in [-0.1, -0.05) is 12.1 Å². The molecule has 31 heavy (non-hydrogen) atoms. The molecule has 1 aliphatic rings. The van der Waals surface area contributed by atoms with Gasteiger partial charge in [-0.05, 0) is 24.6 Å². The molecule has 164 valence electrons. The predicted molar refractivity (Wildman–Crippen MR) is 106 cm³/mol. The molecular formula is C19H21N5O7. The molecule has 1 fully saturated rings. The Balaban J connectivity index is 1.54. The molecule has 1 aromatic carbocycles. The first-order valence-corrected chi connectivity index (χ1v) is 9.46. The molecular weight excluding hydrogens is 410 g/mol. The lowest BCUT2D eigenvalue weighted by atomic mass is 10.1. The molecule has 0 aliphatic carbocycles. The summed E-state index contributed by atoms with van der Waals surface area (Å²) >= 11 is 0. The van der Waals surface area contributed by atoms with Gasteiger partial charge >= 0.3 is 0 Å². The van der Waals surface area contributed by atoms with Gasteiger partial charge in [-0.15, -0.1) is 0 Å². The fourth-order valence-electron chi connectivity index (χ4n) is 3.30. The maximum atomic E-state index is 12.3. The van der Waals surface area contributed by atoms with E-state index in [2.05, 4.69) is 20.3 Å². The zero-order chi connectivity index (χ0) is 22.1. The second kappa shape index (κ2) is 8.43. The summed E-state index contributed by atoms with van der Waals surface area (Å²) in [6, 6.07) is 7.19. The van der Waals surface area contributed by atoms with Gasteiger partial charge in [0.1, 0.15) is 24.1 Å². The van der Waals surface area contributed by atoms with Gasteiger partial charge in [0.05, 0.1) is 12.9 Å². The fraction of sp³-hybridized carbons (Fsp3) is 0.368. The van der Waals surface area contributed by atoms with Crippen LogP contribution in [0.5, 0.6) is 5.75 Å². The fourth-order valence-corrected chi connectivity index (χ4v) is 3.30. The summed E-state index contributed by atoms with van der Waals surface area (Å²) in [7, 11) is 0. The predicted octanol–water partition coefficient (Wildman–Crippen LogP) is -0.943. The number of aliphatic hydroxyl groups excluding tert-OH is 3. The van der Waals surface area contributed by atoms with Gasteiger partial charge in [0, 0.05) is 0 Å². The molecule has 0 spiro atoms. The van der Waals surface area contributed by atoms with Crippen LogP contribution < -0.4 is 15.6 Å². The van der Waals surface area contributed by atoms with Gasteiger partial charge in [0.25, 0.3) is 11.5 Å². The first-order chi connectivity index (χ1) is 14.9. The molecule has 3 aromatic rings. The van der Waals surface area contributed by atoms with Crippen molar-refractivity contribution in [2.75, 3.05) is 18.5 Å². The normalized spacial score (nSPS) is 23.2. The van der Waals surface area contributed by atoms with Crippen LogP contribution in [0, 0.1) is 6.92 Å². The number of anilines is 1. The highest BCUT2D eigenvalue weighted by molar-refractivity contribution is 5.90. The Morgan fingerprint density at radius 3 is 2.87 bits per heavy atom. The molecule has 12 nitrogen and oxygen atoms in total. The van der Waals surface area contributed by atoms with Gasteiger partial charge in [-0.3, -0.25) is 24.5 Å². The molecule has 4 atom stereocenters. The minimum Gasteiger partial charge on any atom is -0.484 e. The number of ether oxygens (including phenoxy) is 2. The number of carbonyl (C=O) groups is 1. The number of aryl methyl sites for hydroxylation is 1. The number of H-pyrrole nitrogens is 1. The Kier molecular flexibility index (Phi) is 5.69. The van der Waals surface area contributed by atoms with E-state index in [0.717, 1.165) is 5.56 Å². The van der Waals surface area contributed by atoms with Crippen LogP contribution in [-0.2, 0) is 9.53 Å². The number of fused-ring (bicyclic) bond motifs is 1. The summed E-state index contributed by atoms with van der Waals surface area (Å²) in [4.78, 5) is 35.1. The van der Waals surface area contributed by atoms with Crippen molar-refractivity contribution >= 4 is 23.0 Å². The van der Waals surface area contributed by atoms with Crippen LogP contribution in [0.2, 0.25) is 0 Å². The number of nitrogens with one attached hydrogen (secondary N) is 2. The zero-order valence-corrected chi connectivity index (χ0v) is 16.4. The third-order valence-corrected chi connectivity index (χ3v) is 4.84. The molecule has 5 N–H and O–H groups in total. The lowest BCUT2D eigenvalue weighted by Crippen LogP contribution is -2.33. The Hall–Kier alpha value is -3.32. The number of rotatable bonds is 6. The molecule has 1 aliphatic heterocycles. The van der Waals surface area contributed by atoms with E-state index in [1.165, 1.54) is 10.9 Å². The van der Waals surface area contributed by atoms with Crippen molar-refractivity contribution < 1.29 is 29.6 Å². The van der Waals surface area contributed by atoms with Gasteiger partial charge in [0.15, 0.2) is 24.0 Å². The van der Waals surface area contributed by atoms with Crippen molar-refractivity contribution in [1.29, 1.82) is 0 Å². The van der Waals surface area contributed by atoms with Gasteiger partial charge in [-0.2, -0.15) is 4.98 Å². The van der Waals surface area contributed by atoms with Crippen molar-refractivity contribution in [2.45, 2.75) is 31.5 Å². The van der Waals surface area contributed by atoms with E-state index in [-0.39, 0.29) is 23.7 Å². The molecule has 12 heteroatoms. The third kappa shape index (κ3) is 4.14. The molecule has 3 heterocycles. The van der Waals surface area contributed by atoms with Crippen LogP contribution in [0.1, 0.15) is 11.8 Å². The molecule has 2 aromatic heterocycles. The van der Waals surface area contributed by atoms with Crippen LogP contribution in [0.3, 0.4) is 0 Å². The summed E-state index contributed by atoms with van der Waals surface area (Å²) in [6.07, 6.45) is -3.61. The number of aliphatic hydroxyl groups is 3. The van der Waals surface area contributed by atoms with Crippen LogP contribution in [0.4, 0.5) is 5.95 Å². The highest BCUT2D eigenvalue weighted by Gasteiger charge is 2.44. The summed E-state index contributed by atoms with van der Waals surface area (Å²) in [5.41, 5.74) is 0.332. The quantitative estimate of drug-likeness (QED) is 0.330. The van der Waals surface area contributed by atoms with Crippen molar-refractivity contribution in [2.24, 2.45) is 0 Å². The molecule has 0 bridgehead atoms. The molecule has 4 rings (SSSR count). The Bertz CT molecular complexity index is 1160. The van der Waals surface area contributed by atoms with Crippen molar-refractivity contribution in [3.63, 3.8) is 0 Å². The average molecular weight is 431 g/mol. The third-order valence-electron chi connectivity index (χ3n) is 4.84. The van der Waals surface area contributed by atoms with Crippen molar-refractivity contribution in [3.8, 4) is 5.75 Å². The number of hydrogen-bond acceptors (Lipinski definition) is 9. The molecule has 0 saturated carbocycles. The number of amides is 1. The van der Waals surface area contributed by atoms with Crippen molar-refractivity contribution in [1.82, 2.24) is 19.5 Å². The smallest absolute Gasteiger partial charge is 0.280 e. The van der Waals surface area contributed by atoms with Crippen LogP contribution >= 0.6 is 0 Å². The molecule has 1 amide bonds. The number of benzene rings is 1. The Labute approximate surface area is 175 Å². The maximum Gasteiger partial charge on any atom is 0.280 e. The van der Waals surface area contributed by atoms with Gasteiger partial charge in [0.2, 0.25) is 5.95 Å². The van der Waals surface area contributed by atoms with Crippen LogP contribution in [0.15, 0.2) is 35.4 Å². The SMILES string of the molecule is Cc1cccc(OCC(=O)Nc2nc3c(ncn3[C@@H]3O[C@@H](CO)[C@@H](O)[C@@H]3O)c(=O)[nH]2)c1. The topological polar surface area (TPSA) is 172 Å². The second-order valence-electron chi connectivity index (χ2n) is 7.12. The summed E-state index contributed by atoms with van der Waals surface area (Å²) in [5.74, 6) is -0.179. The monoisotopic (exact) mass is 431 g/mol. The van der Waals surface area contributed by atoms with E-state index in [1.807, 2.05) is 13.0 Å². The van der Waals surface area contributed by atoms with Gasteiger partial charge < -0.3 is 24.8 Å². The van der Waals surface area contributed by atoms with E-state index in [9.17, 15) is 24.9 Å². The summed E-state index contributed by atoms with van der Waals surface area (Å²) in [6.45, 7) is 1.09. The average Bonchev–Trinajstić information content (AvgIpc) is 3.28. The van der Waals surface area contributed by atoms with E-state index >= 15 is 0 Å². The highest BCUT2D eigenvalue weighted by atomic mass is 16.6. The molecule has 1 saturated heterocycles. The number of nitrogens with zero attached hydrogens (tertiary/aromatic N) is 3. The summed E-state index contributed by atoms with van der Waals surface area (Å²) < 4.78 is 12.1. The van der Waals surface area contributed by atoms with E-state index in [0.29, 0.717) is 5.75 Å². The van der Waals surface area contributed by atoms with E-state index in [1.54, 1.807) is 18.2 Å². The number of imidazole rings is 1. The van der Waals surface area contributed by atoms with E-state index < -0.39 is 42.6 Å². The first-order valence-electron chi connectivity index (χ1n) is 9.46. The highest BCUT2D eigenvalue weighted by Crippen LogP contribution is 2.30. The summed E-state index contributed by atoms with van der Waals surface area (Å²) in [5, 5.41) is 31.9. The lowest BCUT2D eigenvalue weighted by molar-refractivity contribution is -0.118.